The van der Waals surface area contributed by atoms with Gasteiger partial charge >= 0.3 is 0 Å². The predicted octanol–water partition coefficient (Wildman–Crippen LogP) is 3.19. The molecule has 5 nitrogen and oxygen atoms in total. The fraction of sp³-hybridized carbons (Fsp3) is 0.176. The van der Waals surface area contributed by atoms with E-state index in [1.165, 1.54) is 31.2 Å². The Morgan fingerprint density at radius 3 is 2.04 bits per heavy atom. The van der Waals surface area contributed by atoms with Crippen LogP contribution in [0.15, 0.2) is 48.5 Å². The molecule has 2 aromatic carbocycles. The van der Waals surface area contributed by atoms with Crippen LogP contribution in [0.5, 0.6) is 5.75 Å². The average Bonchev–Trinajstić information content (AvgIpc) is 2.51. The van der Waals surface area contributed by atoms with Gasteiger partial charge in [0.25, 0.3) is 5.91 Å². The van der Waals surface area contributed by atoms with E-state index >= 15 is 0 Å². The quantitative estimate of drug-likeness (QED) is 0.890. The Labute approximate surface area is 133 Å². The fourth-order valence-electron chi connectivity index (χ4n) is 1.85. The molecule has 0 aliphatic carbocycles. The van der Waals surface area contributed by atoms with E-state index in [0.717, 1.165) is 0 Å². The van der Waals surface area contributed by atoms with E-state index in [1.54, 1.807) is 31.2 Å². The number of carbonyl (C=O) groups excluding carboxylic acids is 2. The van der Waals surface area contributed by atoms with Crippen LogP contribution >= 0.6 is 0 Å². The van der Waals surface area contributed by atoms with E-state index in [2.05, 4.69) is 10.6 Å². The van der Waals surface area contributed by atoms with Gasteiger partial charge in [0.15, 0.2) is 6.10 Å². The zero-order valence-corrected chi connectivity index (χ0v) is 12.8. The molecule has 0 aliphatic heterocycles. The summed E-state index contributed by atoms with van der Waals surface area (Å²) in [6.45, 7) is 3.03. The molecule has 0 saturated heterocycles. The van der Waals surface area contributed by atoms with Gasteiger partial charge in [-0.15, -0.1) is 0 Å². The number of ether oxygens (including phenoxy) is 1. The monoisotopic (exact) mass is 316 g/mol. The minimum Gasteiger partial charge on any atom is -0.481 e. The second kappa shape index (κ2) is 7.40. The van der Waals surface area contributed by atoms with Crippen molar-refractivity contribution in [3.63, 3.8) is 0 Å². The minimum absolute atomic E-state index is 0.161. The van der Waals surface area contributed by atoms with Crippen molar-refractivity contribution in [2.24, 2.45) is 0 Å². The van der Waals surface area contributed by atoms with Crippen molar-refractivity contribution in [3.8, 4) is 5.75 Å². The van der Waals surface area contributed by atoms with Gasteiger partial charge in [-0.3, -0.25) is 9.59 Å². The summed E-state index contributed by atoms with van der Waals surface area (Å²) in [7, 11) is 0. The van der Waals surface area contributed by atoms with Crippen molar-refractivity contribution in [1.82, 2.24) is 0 Å². The number of rotatable bonds is 5. The van der Waals surface area contributed by atoms with Crippen molar-refractivity contribution in [2.75, 3.05) is 10.6 Å². The number of anilines is 2. The van der Waals surface area contributed by atoms with Crippen LogP contribution in [0.3, 0.4) is 0 Å². The lowest BCUT2D eigenvalue weighted by molar-refractivity contribution is -0.122. The van der Waals surface area contributed by atoms with E-state index in [1.807, 2.05) is 0 Å². The summed E-state index contributed by atoms with van der Waals surface area (Å²) in [6.07, 6.45) is -0.730. The summed E-state index contributed by atoms with van der Waals surface area (Å²) in [5, 5.41) is 5.28. The standard InChI is InChI=1S/C17H17FN2O3/c1-11(17(22)20-15-5-3-13(18)4-6-15)23-16-9-7-14(8-10-16)19-12(2)21/h3-11H,1-2H3,(H,19,21)(H,20,22). The average molecular weight is 316 g/mol. The third-order valence-electron chi connectivity index (χ3n) is 2.97. The van der Waals surface area contributed by atoms with Crippen LogP contribution in [0.1, 0.15) is 13.8 Å². The maximum Gasteiger partial charge on any atom is 0.265 e. The largest absolute Gasteiger partial charge is 0.481 e. The van der Waals surface area contributed by atoms with Gasteiger partial charge in [0.2, 0.25) is 5.91 Å². The summed E-state index contributed by atoms with van der Waals surface area (Å²) in [5.41, 5.74) is 1.14. The lowest BCUT2D eigenvalue weighted by atomic mass is 10.2. The second-order valence-electron chi connectivity index (χ2n) is 4.96. The van der Waals surface area contributed by atoms with Gasteiger partial charge in [0, 0.05) is 18.3 Å². The van der Waals surface area contributed by atoms with Crippen LogP contribution in [-0.2, 0) is 9.59 Å². The Morgan fingerprint density at radius 2 is 1.48 bits per heavy atom. The summed E-state index contributed by atoms with van der Waals surface area (Å²) < 4.78 is 18.4. The Hall–Kier alpha value is -2.89. The third-order valence-corrected chi connectivity index (χ3v) is 2.97. The molecule has 0 saturated carbocycles. The van der Waals surface area contributed by atoms with Crippen LogP contribution in [0.4, 0.5) is 15.8 Å². The van der Waals surface area contributed by atoms with Crippen molar-refractivity contribution in [3.05, 3.63) is 54.3 Å². The molecule has 120 valence electrons. The maximum absolute atomic E-state index is 12.8. The molecule has 0 aliphatic rings. The van der Waals surface area contributed by atoms with Gasteiger partial charge in [-0.25, -0.2) is 4.39 Å². The fourth-order valence-corrected chi connectivity index (χ4v) is 1.85. The molecule has 2 aromatic rings. The van der Waals surface area contributed by atoms with Gasteiger partial charge in [0.05, 0.1) is 0 Å². The molecule has 0 radical (unpaired) electrons. The summed E-state index contributed by atoms with van der Waals surface area (Å²) >= 11 is 0. The van der Waals surface area contributed by atoms with Gasteiger partial charge in [0.1, 0.15) is 11.6 Å². The molecule has 0 bridgehead atoms. The van der Waals surface area contributed by atoms with Gasteiger partial charge in [-0.1, -0.05) is 0 Å². The van der Waals surface area contributed by atoms with E-state index in [0.29, 0.717) is 17.1 Å². The predicted molar refractivity (Wildman–Crippen MR) is 85.9 cm³/mol. The summed E-state index contributed by atoms with van der Waals surface area (Å²) in [4.78, 5) is 23.0. The molecular weight excluding hydrogens is 299 g/mol. The summed E-state index contributed by atoms with van der Waals surface area (Å²) in [6, 6.07) is 12.2. The molecule has 2 rings (SSSR count). The zero-order chi connectivity index (χ0) is 16.8. The molecule has 1 atom stereocenters. The SMILES string of the molecule is CC(=O)Nc1ccc(OC(C)C(=O)Nc2ccc(F)cc2)cc1. The normalized spacial score (nSPS) is 11.4. The highest BCUT2D eigenvalue weighted by Crippen LogP contribution is 2.17. The number of halogens is 1. The van der Waals surface area contributed by atoms with E-state index in [4.69, 9.17) is 4.74 Å². The van der Waals surface area contributed by atoms with Gasteiger partial charge < -0.3 is 15.4 Å². The molecule has 0 heterocycles. The van der Waals surface area contributed by atoms with Crippen LogP contribution in [-0.4, -0.2) is 17.9 Å². The van der Waals surface area contributed by atoms with Gasteiger partial charge in [-0.2, -0.15) is 0 Å². The highest BCUT2D eigenvalue weighted by atomic mass is 19.1. The first-order valence-corrected chi connectivity index (χ1v) is 7.05. The van der Waals surface area contributed by atoms with E-state index in [-0.39, 0.29) is 17.6 Å². The van der Waals surface area contributed by atoms with E-state index < -0.39 is 6.10 Å². The number of nitrogens with one attached hydrogen (secondary N) is 2. The van der Waals surface area contributed by atoms with Gasteiger partial charge in [-0.05, 0) is 55.5 Å². The van der Waals surface area contributed by atoms with Crippen molar-refractivity contribution >= 4 is 23.2 Å². The number of carbonyl (C=O) groups is 2. The molecule has 6 heteroatoms. The van der Waals surface area contributed by atoms with Crippen molar-refractivity contribution < 1.29 is 18.7 Å². The Kier molecular flexibility index (Phi) is 5.30. The number of amides is 2. The van der Waals surface area contributed by atoms with Crippen LogP contribution in [0.2, 0.25) is 0 Å². The Balaban J connectivity index is 1.92. The molecule has 0 aromatic heterocycles. The maximum atomic E-state index is 12.8. The first-order valence-electron chi connectivity index (χ1n) is 7.05. The number of hydrogen-bond donors (Lipinski definition) is 2. The topological polar surface area (TPSA) is 67.4 Å². The van der Waals surface area contributed by atoms with Crippen LogP contribution < -0.4 is 15.4 Å². The number of hydrogen-bond acceptors (Lipinski definition) is 3. The summed E-state index contributed by atoms with van der Waals surface area (Å²) in [5.74, 6) is -0.374. The smallest absolute Gasteiger partial charge is 0.265 e. The third kappa shape index (κ3) is 5.10. The molecule has 0 spiro atoms. The van der Waals surface area contributed by atoms with Crippen LogP contribution in [0.25, 0.3) is 0 Å². The minimum atomic E-state index is -0.730. The Morgan fingerprint density at radius 1 is 0.957 bits per heavy atom. The second-order valence-corrected chi connectivity index (χ2v) is 4.96. The highest BCUT2D eigenvalue weighted by molar-refractivity contribution is 5.94. The van der Waals surface area contributed by atoms with Crippen molar-refractivity contribution in [2.45, 2.75) is 20.0 Å². The zero-order valence-electron chi connectivity index (χ0n) is 12.8. The lowest BCUT2D eigenvalue weighted by Gasteiger charge is -2.15. The van der Waals surface area contributed by atoms with Crippen molar-refractivity contribution in [1.29, 1.82) is 0 Å². The molecule has 23 heavy (non-hydrogen) atoms. The molecule has 1 unspecified atom stereocenters. The molecule has 2 amide bonds. The molecular formula is C17H17FN2O3. The highest BCUT2D eigenvalue weighted by Gasteiger charge is 2.15. The molecule has 2 N–H and O–H groups in total. The number of benzene rings is 2. The van der Waals surface area contributed by atoms with Crippen LogP contribution in [0, 0.1) is 5.82 Å². The lowest BCUT2D eigenvalue weighted by Crippen LogP contribution is -2.30. The molecule has 0 fully saturated rings. The van der Waals surface area contributed by atoms with E-state index in [9.17, 15) is 14.0 Å². The first-order chi connectivity index (χ1) is 10.9. The Bertz CT molecular complexity index is 684. The first kappa shape index (κ1) is 16.5.